The fraction of sp³-hybridized carbons (Fsp3) is 0.130. The predicted molar refractivity (Wildman–Crippen MR) is 117 cm³/mol. The molecule has 2 heterocycles. The van der Waals surface area contributed by atoms with E-state index in [-0.39, 0.29) is 11.8 Å². The molecule has 0 amide bonds. The Morgan fingerprint density at radius 2 is 1.76 bits per heavy atom. The van der Waals surface area contributed by atoms with E-state index in [1.807, 2.05) is 60.7 Å². The molecule has 2 atom stereocenters. The minimum Gasteiger partial charge on any atom is -0.461 e. The Labute approximate surface area is 181 Å². The lowest BCUT2D eigenvalue weighted by molar-refractivity contribution is -0.00455. The van der Waals surface area contributed by atoms with E-state index in [1.165, 1.54) is 0 Å². The summed E-state index contributed by atoms with van der Waals surface area (Å²) in [7, 11) is 0. The maximum absolute atomic E-state index is 13.3. The Bertz CT molecular complexity index is 1110. The van der Waals surface area contributed by atoms with Crippen LogP contribution < -0.4 is 4.74 Å². The number of hydrogen-bond donors (Lipinski definition) is 0. The third kappa shape index (κ3) is 3.34. The van der Waals surface area contributed by atoms with Crippen molar-refractivity contribution in [3.8, 4) is 5.75 Å². The van der Waals surface area contributed by atoms with Crippen molar-refractivity contribution in [2.24, 2.45) is 5.10 Å². The Balaban J connectivity index is 1.55. The first kappa shape index (κ1) is 18.4. The molecular formula is C23H16BrClN2O2. The van der Waals surface area contributed by atoms with E-state index in [9.17, 15) is 4.79 Å². The fourth-order valence-electron chi connectivity index (χ4n) is 3.78. The molecule has 3 aromatic rings. The molecule has 0 spiro atoms. The first-order chi connectivity index (χ1) is 14.1. The van der Waals surface area contributed by atoms with Crippen LogP contribution in [0.5, 0.6) is 5.75 Å². The molecule has 2 aliphatic rings. The number of nitrogens with zero attached hydrogens (tertiary/aromatic N) is 2. The number of carbonyl (C=O) groups is 1. The Hall–Kier alpha value is -2.63. The number of fused-ring (bicyclic) bond motifs is 3. The highest BCUT2D eigenvalue weighted by atomic mass is 79.9. The van der Waals surface area contributed by atoms with Gasteiger partial charge in [-0.15, -0.1) is 0 Å². The summed E-state index contributed by atoms with van der Waals surface area (Å²) in [6, 6.07) is 22.7. The van der Waals surface area contributed by atoms with Gasteiger partial charge in [0.1, 0.15) is 5.75 Å². The molecule has 2 aliphatic heterocycles. The van der Waals surface area contributed by atoms with Gasteiger partial charge in [0.15, 0.2) is 0 Å². The summed E-state index contributed by atoms with van der Waals surface area (Å²) in [5.41, 5.74) is 3.54. The molecule has 5 rings (SSSR count). The zero-order valence-corrected chi connectivity index (χ0v) is 17.6. The van der Waals surface area contributed by atoms with Crippen LogP contribution in [-0.4, -0.2) is 22.7 Å². The van der Waals surface area contributed by atoms with Gasteiger partial charge < -0.3 is 4.74 Å². The van der Waals surface area contributed by atoms with Gasteiger partial charge >= 0.3 is 0 Å². The number of para-hydroxylation sites is 1. The number of hydrogen-bond acceptors (Lipinski definition) is 4. The lowest BCUT2D eigenvalue weighted by Gasteiger charge is -2.37. The largest absolute Gasteiger partial charge is 0.461 e. The number of ether oxygens (including phenoxy) is 1. The van der Waals surface area contributed by atoms with Gasteiger partial charge in [-0.05, 0) is 35.9 Å². The minimum absolute atomic E-state index is 0.0463. The third-order valence-electron chi connectivity index (χ3n) is 5.23. The van der Waals surface area contributed by atoms with E-state index in [2.05, 4.69) is 15.9 Å². The monoisotopic (exact) mass is 466 g/mol. The van der Waals surface area contributed by atoms with Crippen LogP contribution in [0.3, 0.4) is 0 Å². The van der Waals surface area contributed by atoms with Crippen LogP contribution in [0.15, 0.2) is 82.4 Å². The molecule has 29 heavy (non-hydrogen) atoms. The number of ketones is 1. The van der Waals surface area contributed by atoms with Gasteiger partial charge in [-0.25, -0.2) is 5.01 Å². The van der Waals surface area contributed by atoms with E-state index in [1.54, 1.807) is 17.1 Å². The van der Waals surface area contributed by atoms with Crippen LogP contribution in [0.2, 0.25) is 5.02 Å². The number of rotatable bonds is 3. The Morgan fingerprint density at radius 1 is 1.03 bits per heavy atom. The molecule has 0 saturated carbocycles. The average Bonchev–Trinajstić information content (AvgIpc) is 3.19. The number of benzene rings is 3. The molecule has 0 radical (unpaired) electrons. The molecular weight excluding hydrogens is 452 g/mol. The van der Waals surface area contributed by atoms with E-state index < -0.39 is 6.23 Å². The molecule has 3 aromatic carbocycles. The highest BCUT2D eigenvalue weighted by Gasteiger charge is 2.43. The van der Waals surface area contributed by atoms with Crippen molar-refractivity contribution >= 4 is 39.0 Å². The van der Waals surface area contributed by atoms with Gasteiger partial charge in [0.25, 0.3) is 6.23 Å². The number of carbonyl (C=O) groups excluding carboxylic acids is 1. The normalized spacial score (nSPS) is 19.8. The lowest BCUT2D eigenvalue weighted by Crippen LogP contribution is -2.45. The smallest absolute Gasteiger partial charge is 0.251 e. The molecule has 0 N–H and O–H groups in total. The van der Waals surface area contributed by atoms with Crippen molar-refractivity contribution < 1.29 is 9.53 Å². The summed E-state index contributed by atoms with van der Waals surface area (Å²) in [6.07, 6.45) is -0.104. The fourth-order valence-corrected chi connectivity index (χ4v) is 4.17. The van der Waals surface area contributed by atoms with Crippen LogP contribution in [0.4, 0.5) is 0 Å². The number of hydrazone groups is 1. The van der Waals surface area contributed by atoms with Crippen LogP contribution >= 0.6 is 27.5 Å². The molecule has 0 fully saturated rings. The SMILES string of the molecule is O=C(c1ccc(Br)cc1)[C@@H]1Oc2ccccc2[C@@H]2CC(c3ccc(Cl)cc3)=NN12. The van der Waals surface area contributed by atoms with E-state index in [4.69, 9.17) is 21.4 Å². The van der Waals surface area contributed by atoms with Gasteiger partial charge in [-0.3, -0.25) is 4.79 Å². The molecule has 0 aromatic heterocycles. The quantitative estimate of drug-likeness (QED) is 0.453. The van der Waals surface area contributed by atoms with Crippen molar-refractivity contribution in [3.63, 3.8) is 0 Å². The number of halogens is 2. The third-order valence-corrected chi connectivity index (χ3v) is 6.01. The second kappa shape index (κ2) is 7.32. The number of Topliss-reactive ketones (excluding diaryl/α,β-unsaturated/α-hetero) is 1. The second-order valence-electron chi connectivity index (χ2n) is 7.03. The topological polar surface area (TPSA) is 41.9 Å². The Kier molecular flexibility index (Phi) is 4.64. The highest BCUT2D eigenvalue weighted by Crippen LogP contribution is 2.43. The van der Waals surface area contributed by atoms with Crippen LogP contribution in [-0.2, 0) is 0 Å². The van der Waals surface area contributed by atoms with Crippen molar-refractivity contribution in [1.29, 1.82) is 0 Å². The summed E-state index contributed by atoms with van der Waals surface area (Å²) < 4.78 is 7.05. The first-order valence-electron chi connectivity index (χ1n) is 9.27. The van der Waals surface area contributed by atoms with Crippen molar-refractivity contribution in [1.82, 2.24) is 5.01 Å². The van der Waals surface area contributed by atoms with E-state index >= 15 is 0 Å². The van der Waals surface area contributed by atoms with E-state index in [0.29, 0.717) is 17.0 Å². The maximum Gasteiger partial charge on any atom is 0.251 e. The molecule has 144 valence electrons. The van der Waals surface area contributed by atoms with E-state index in [0.717, 1.165) is 27.1 Å². The standard InChI is InChI=1S/C23H16BrClN2O2/c24-16-9-5-15(6-10-16)22(28)23-27-20(18-3-1-2-4-21(18)29-23)13-19(26-27)14-7-11-17(25)12-8-14/h1-12,20,23H,13H2/t20-,23-/m0/s1. The summed E-state index contributed by atoms with van der Waals surface area (Å²) in [6.45, 7) is 0. The molecule has 0 unspecified atom stereocenters. The average molecular weight is 468 g/mol. The van der Waals surface area contributed by atoms with Gasteiger partial charge in [0, 0.05) is 27.0 Å². The molecule has 6 heteroatoms. The molecule has 0 aliphatic carbocycles. The summed E-state index contributed by atoms with van der Waals surface area (Å²) >= 11 is 9.44. The Morgan fingerprint density at radius 3 is 2.52 bits per heavy atom. The molecule has 4 nitrogen and oxygen atoms in total. The van der Waals surface area contributed by atoms with Crippen molar-refractivity contribution in [2.45, 2.75) is 18.7 Å². The predicted octanol–water partition coefficient (Wildman–Crippen LogP) is 5.86. The maximum atomic E-state index is 13.3. The van der Waals surface area contributed by atoms with Gasteiger partial charge in [0.2, 0.25) is 5.78 Å². The van der Waals surface area contributed by atoms with Crippen LogP contribution in [0.1, 0.15) is 33.9 Å². The highest BCUT2D eigenvalue weighted by molar-refractivity contribution is 9.10. The zero-order valence-electron chi connectivity index (χ0n) is 15.3. The van der Waals surface area contributed by atoms with Crippen molar-refractivity contribution in [3.05, 3.63) is 99.0 Å². The first-order valence-corrected chi connectivity index (χ1v) is 10.4. The van der Waals surface area contributed by atoms with Crippen LogP contribution in [0.25, 0.3) is 0 Å². The van der Waals surface area contributed by atoms with Gasteiger partial charge in [0.05, 0.1) is 11.8 Å². The summed E-state index contributed by atoms with van der Waals surface area (Å²) in [4.78, 5) is 13.3. The minimum atomic E-state index is -0.805. The molecule has 0 saturated heterocycles. The summed E-state index contributed by atoms with van der Waals surface area (Å²) in [5, 5.41) is 7.29. The van der Waals surface area contributed by atoms with Gasteiger partial charge in [-0.1, -0.05) is 70.0 Å². The second-order valence-corrected chi connectivity index (χ2v) is 8.38. The van der Waals surface area contributed by atoms with Crippen LogP contribution in [0, 0.1) is 0 Å². The molecule has 0 bridgehead atoms. The summed E-state index contributed by atoms with van der Waals surface area (Å²) in [5.74, 6) is 0.620. The zero-order chi connectivity index (χ0) is 20.0. The van der Waals surface area contributed by atoms with Gasteiger partial charge in [-0.2, -0.15) is 5.10 Å². The van der Waals surface area contributed by atoms with Crippen molar-refractivity contribution in [2.75, 3.05) is 0 Å². The lowest BCUT2D eigenvalue weighted by atomic mass is 9.96.